The van der Waals surface area contributed by atoms with E-state index in [2.05, 4.69) is 9.97 Å². The van der Waals surface area contributed by atoms with Crippen LogP contribution in [0.25, 0.3) is 11.0 Å². The van der Waals surface area contributed by atoms with E-state index in [0.717, 1.165) is 5.56 Å². The van der Waals surface area contributed by atoms with Gasteiger partial charge in [-0.05, 0) is 30.7 Å². The fourth-order valence-corrected chi connectivity index (χ4v) is 3.86. The lowest BCUT2D eigenvalue weighted by Crippen LogP contribution is -2.33. The molecule has 0 bridgehead atoms. The molecule has 0 aliphatic carbocycles. The molecule has 1 amide bonds. The smallest absolute Gasteiger partial charge is 0.335 e. The van der Waals surface area contributed by atoms with Crippen molar-refractivity contribution in [2.24, 2.45) is 5.41 Å². The number of aliphatic hydroxyl groups excluding tert-OH is 1. The maximum Gasteiger partial charge on any atom is 0.335 e. The molecule has 1 unspecified atom stereocenters. The number of carbonyl (C=O) groups is 3. The molecule has 0 fully saturated rings. The van der Waals surface area contributed by atoms with Gasteiger partial charge < -0.3 is 15.2 Å². The normalized spacial score (nSPS) is 16.8. The topological polar surface area (TPSA) is 124 Å². The number of benzene rings is 2. The Balaban J connectivity index is 1.91. The standard InChI is InChI=1S/C24H23N3O5/c1-12-6-5-7-13(10-12)18-17(20(29)24(2,3)4)19(28)21(30)27(18)23-25-15-9-8-14(22(31)32)11-16(15)26-23/h5-11,18,28H,1-4H3,(H,25,26)(H,31,32). The number of amides is 1. The highest BCUT2D eigenvalue weighted by Crippen LogP contribution is 2.43. The summed E-state index contributed by atoms with van der Waals surface area (Å²) in [6.45, 7) is 7.08. The SMILES string of the molecule is Cc1cccc(C2C(C(=O)C(C)(C)C)=C(O)C(=O)N2c2nc3ccc(C(=O)O)cc3[nH]2)c1. The molecule has 164 valence electrons. The number of nitrogens with one attached hydrogen (secondary N) is 1. The number of aromatic amines is 1. The van der Waals surface area contributed by atoms with Crippen molar-refractivity contribution in [1.82, 2.24) is 9.97 Å². The lowest BCUT2D eigenvalue weighted by molar-refractivity contribution is -0.123. The van der Waals surface area contributed by atoms with E-state index in [1.165, 1.54) is 23.1 Å². The largest absolute Gasteiger partial charge is 0.503 e. The van der Waals surface area contributed by atoms with Crippen LogP contribution in [0.15, 0.2) is 53.8 Å². The van der Waals surface area contributed by atoms with Crippen LogP contribution in [0.5, 0.6) is 0 Å². The number of hydrogen-bond donors (Lipinski definition) is 3. The summed E-state index contributed by atoms with van der Waals surface area (Å²) >= 11 is 0. The summed E-state index contributed by atoms with van der Waals surface area (Å²) < 4.78 is 0. The van der Waals surface area contributed by atoms with E-state index in [1.54, 1.807) is 26.8 Å². The number of carboxylic acids is 1. The number of H-pyrrole nitrogens is 1. The first-order valence-corrected chi connectivity index (χ1v) is 10.1. The molecule has 1 aliphatic rings. The molecule has 8 heteroatoms. The number of nitrogens with zero attached hydrogens (tertiary/aromatic N) is 2. The number of fused-ring (bicyclic) bond motifs is 1. The molecule has 3 N–H and O–H groups in total. The first kappa shape index (κ1) is 21.3. The molecule has 3 aromatic rings. The molecule has 0 radical (unpaired) electrons. The second kappa shape index (κ2) is 7.33. The van der Waals surface area contributed by atoms with Crippen LogP contribution in [-0.4, -0.2) is 37.8 Å². The van der Waals surface area contributed by atoms with Crippen molar-refractivity contribution in [3.8, 4) is 0 Å². The predicted molar refractivity (Wildman–Crippen MR) is 119 cm³/mol. The Kier molecular flexibility index (Phi) is 4.88. The molecule has 32 heavy (non-hydrogen) atoms. The van der Waals surface area contributed by atoms with Crippen LogP contribution in [-0.2, 0) is 9.59 Å². The molecular formula is C24H23N3O5. The number of aromatic carboxylic acids is 1. The Morgan fingerprint density at radius 1 is 1.12 bits per heavy atom. The summed E-state index contributed by atoms with van der Waals surface area (Å²) in [5.41, 5.74) is 1.72. The van der Waals surface area contributed by atoms with E-state index in [4.69, 9.17) is 0 Å². The Hall–Kier alpha value is -3.94. The Morgan fingerprint density at radius 3 is 2.47 bits per heavy atom. The number of anilines is 1. The molecule has 0 spiro atoms. The minimum absolute atomic E-state index is 0.0137. The number of Topliss-reactive ketones (excluding diaryl/α,β-unsaturated/α-hetero) is 1. The highest BCUT2D eigenvalue weighted by atomic mass is 16.4. The molecule has 8 nitrogen and oxygen atoms in total. The van der Waals surface area contributed by atoms with Crippen molar-refractivity contribution in [3.05, 3.63) is 70.5 Å². The Bertz CT molecular complexity index is 1310. The minimum atomic E-state index is -1.09. The van der Waals surface area contributed by atoms with Crippen molar-refractivity contribution in [1.29, 1.82) is 0 Å². The van der Waals surface area contributed by atoms with Gasteiger partial charge in [0.25, 0.3) is 5.91 Å². The number of aryl methyl sites for hydroxylation is 1. The lowest BCUT2D eigenvalue weighted by Gasteiger charge is -2.27. The Labute approximate surface area is 184 Å². The van der Waals surface area contributed by atoms with Gasteiger partial charge in [0.1, 0.15) is 0 Å². The minimum Gasteiger partial charge on any atom is -0.503 e. The van der Waals surface area contributed by atoms with Crippen LogP contribution < -0.4 is 4.90 Å². The maximum atomic E-state index is 13.3. The molecule has 2 heterocycles. The summed E-state index contributed by atoms with van der Waals surface area (Å²) in [5.74, 6) is -2.68. The van der Waals surface area contributed by atoms with Crippen molar-refractivity contribution >= 4 is 34.6 Å². The number of carbonyl (C=O) groups excluding carboxylic acids is 2. The molecule has 0 saturated carbocycles. The summed E-state index contributed by atoms with van der Waals surface area (Å²) in [6.07, 6.45) is 0. The van der Waals surface area contributed by atoms with Gasteiger partial charge in [0.2, 0.25) is 5.95 Å². The van der Waals surface area contributed by atoms with Crippen LogP contribution in [0.4, 0.5) is 5.95 Å². The monoisotopic (exact) mass is 433 g/mol. The number of imidazole rings is 1. The summed E-state index contributed by atoms with van der Waals surface area (Å²) in [5, 5.41) is 20.0. The zero-order valence-corrected chi connectivity index (χ0v) is 18.1. The van der Waals surface area contributed by atoms with Gasteiger partial charge in [-0.15, -0.1) is 0 Å². The first-order chi connectivity index (χ1) is 15.0. The van der Waals surface area contributed by atoms with Crippen LogP contribution in [0.3, 0.4) is 0 Å². The molecule has 1 atom stereocenters. The van der Waals surface area contributed by atoms with Crippen molar-refractivity contribution in [2.45, 2.75) is 33.7 Å². The number of carboxylic acid groups (broad SMARTS) is 1. The average molecular weight is 433 g/mol. The average Bonchev–Trinajstić information content (AvgIpc) is 3.24. The maximum absolute atomic E-state index is 13.3. The summed E-state index contributed by atoms with van der Waals surface area (Å²) in [7, 11) is 0. The third-order valence-electron chi connectivity index (χ3n) is 5.44. The molecule has 1 aromatic heterocycles. The summed E-state index contributed by atoms with van der Waals surface area (Å²) in [6, 6.07) is 10.9. The van der Waals surface area contributed by atoms with Gasteiger partial charge >= 0.3 is 5.97 Å². The summed E-state index contributed by atoms with van der Waals surface area (Å²) in [4.78, 5) is 46.4. The van der Waals surface area contributed by atoms with E-state index in [0.29, 0.717) is 16.6 Å². The van der Waals surface area contributed by atoms with Gasteiger partial charge in [-0.2, -0.15) is 0 Å². The second-order valence-corrected chi connectivity index (χ2v) is 8.93. The van der Waals surface area contributed by atoms with Gasteiger partial charge in [-0.1, -0.05) is 50.6 Å². The van der Waals surface area contributed by atoms with Gasteiger partial charge in [0.15, 0.2) is 11.5 Å². The molecule has 0 saturated heterocycles. The zero-order valence-electron chi connectivity index (χ0n) is 18.1. The van der Waals surface area contributed by atoms with Crippen LogP contribution in [0.2, 0.25) is 0 Å². The highest BCUT2D eigenvalue weighted by molar-refractivity contribution is 6.17. The van der Waals surface area contributed by atoms with E-state index >= 15 is 0 Å². The van der Waals surface area contributed by atoms with Crippen LogP contribution in [0.1, 0.15) is 48.3 Å². The number of aliphatic hydroxyl groups is 1. The van der Waals surface area contributed by atoms with E-state index < -0.39 is 29.1 Å². The molecular weight excluding hydrogens is 410 g/mol. The third-order valence-corrected chi connectivity index (χ3v) is 5.44. The van der Waals surface area contributed by atoms with Crippen molar-refractivity contribution in [3.63, 3.8) is 0 Å². The number of aromatic nitrogens is 2. The van der Waals surface area contributed by atoms with Gasteiger partial charge in [0, 0.05) is 5.41 Å². The first-order valence-electron chi connectivity index (χ1n) is 10.1. The lowest BCUT2D eigenvalue weighted by atomic mass is 9.82. The van der Waals surface area contributed by atoms with Crippen molar-refractivity contribution < 1.29 is 24.6 Å². The number of rotatable bonds is 4. The third kappa shape index (κ3) is 3.43. The fourth-order valence-electron chi connectivity index (χ4n) is 3.86. The molecule has 2 aromatic carbocycles. The van der Waals surface area contributed by atoms with Crippen LogP contribution >= 0.6 is 0 Å². The number of ketones is 1. The van der Waals surface area contributed by atoms with Gasteiger partial charge in [0.05, 0.1) is 28.2 Å². The highest BCUT2D eigenvalue weighted by Gasteiger charge is 2.47. The van der Waals surface area contributed by atoms with Crippen molar-refractivity contribution in [2.75, 3.05) is 4.90 Å². The predicted octanol–water partition coefficient (Wildman–Crippen LogP) is 4.08. The zero-order chi connectivity index (χ0) is 23.4. The molecule has 1 aliphatic heterocycles. The number of hydrogen-bond acceptors (Lipinski definition) is 5. The fraction of sp³-hybridized carbons (Fsp3) is 0.250. The van der Waals surface area contributed by atoms with E-state index in [-0.39, 0.29) is 22.9 Å². The van der Waals surface area contributed by atoms with Gasteiger partial charge in [-0.3, -0.25) is 14.5 Å². The quantitative estimate of drug-likeness (QED) is 0.569. The van der Waals surface area contributed by atoms with E-state index in [1.807, 2.05) is 25.1 Å². The molecule has 4 rings (SSSR count). The van der Waals surface area contributed by atoms with E-state index in [9.17, 15) is 24.6 Å². The van der Waals surface area contributed by atoms with Crippen LogP contribution in [0, 0.1) is 12.3 Å². The van der Waals surface area contributed by atoms with Gasteiger partial charge in [-0.25, -0.2) is 9.78 Å². The Morgan fingerprint density at radius 2 is 1.84 bits per heavy atom. The second-order valence-electron chi connectivity index (χ2n) is 8.93.